The molecule has 0 fully saturated rings. The molecule has 2 rings (SSSR count). The summed E-state index contributed by atoms with van der Waals surface area (Å²) in [6.07, 6.45) is 0.820. The van der Waals surface area contributed by atoms with Gasteiger partial charge in [0.2, 0.25) is 0 Å². The molecule has 0 atom stereocenters. The highest BCUT2D eigenvalue weighted by molar-refractivity contribution is 7.90. The first-order valence-electron chi connectivity index (χ1n) is 7.11. The molecule has 126 valence electrons. The Hall–Kier alpha value is -1.45. The van der Waals surface area contributed by atoms with Crippen LogP contribution < -0.4 is 10.0 Å². The fraction of sp³-hybridized carbons (Fsp3) is 0.429. The van der Waals surface area contributed by atoms with Gasteiger partial charge in [-0.1, -0.05) is 20.8 Å². The largest absolute Gasteiger partial charge is 0.334 e. The molecule has 9 heteroatoms. The van der Waals surface area contributed by atoms with Crippen molar-refractivity contribution in [2.24, 2.45) is 0 Å². The van der Waals surface area contributed by atoms with E-state index in [0.717, 1.165) is 21.9 Å². The number of carbonyl (C=O) groups excluding carboxylic acids is 1. The zero-order valence-corrected chi connectivity index (χ0v) is 15.8. The number of amides is 2. The molecule has 6 nitrogen and oxygen atoms in total. The number of aryl methyl sites for hydroxylation is 2. The smallest absolute Gasteiger partial charge is 0.283 e. The Bertz CT molecular complexity index is 806. The number of anilines is 1. The Morgan fingerprint density at radius 1 is 1.39 bits per heavy atom. The molecule has 2 aromatic heterocycles. The van der Waals surface area contributed by atoms with E-state index in [2.05, 4.69) is 10.3 Å². The first-order valence-corrected chi connectivity index (χ1v) is 10.3. The maximum absolute atomic E-state index is 12.1. The molecule has 0 radical (unpaired) electrons. The normalized spacial score (nSPS) is 11.7. The molecule has 2 N–H and O–H groups in total. The second kappa shape index (κ2) is 6.98. The van der Waals surface area contributed by atoms with E-state index in [4.69, 9.17) is 0 Å². The van der Waals surface area contributed by atoms with E-state index in [-0.39, 0.29) is 10.8 Å². The summed E-state index contributed by atoms with van der Waals surface area (Å²) in [7, 11) is -3.86. The molecule has 23 heavy (non-hydrogen) atoms. The van der Waals surface area contributed by atoms with E-state index < -0.39 is 16.1 Å². The Morgan fingerprint density at radius 2 is 2.09 bits per heavy atom. The lowest BCUT2D eigenvalue weighted by Crippen LogP contribution is -2.34. The lowest BCUT2D eigenvalue weighted by molar-refractivity contribution is 0.256. The molecule has 0 saturated heterocycles. The van der Waals surface area contributed by atoms with Crippen molar-refractivity contribution in [1.29, 1.82) is 0 Å². The molecule has 2 heterocycles. The van der Waals surface area contributed by atoms with Gasteiger partial charge in [0.15, 0.2) is 5.13 Å². The van der Waals surface area contributed by atoms with E-state index in [1.54, 1.807) is 6.92 Å². The van der Waals surface area contributed by atoms with Gasteiger partial charge in [0, 0.05) is 15.1 Å². The van der Waals surface area contributed by atoms with Gasteiger partial charge in [-0.2, -0.15) is 0 Å². The summed E-state index contributed by atoms with van der Waals surface area (Å²) in [6, 6.07) is 0.719. The average Bonchev–Trinajstić information content (AvgIpc) is 3.04. The highest BCUT2D eigenvalue weighted by Crippen LogP contribution is 2.28. The van der Waals surface area contributed by atoms with Gasteiger partial charge in [-0.15, -0.1) is 22.7 Å². The maximum atomic E-state index is 12.1. The summed E-state index contributed by atoms with van der Waals surface area (Å²) in [5, 5.41) is 4.41. The van der Waals surface area contributed by atoms with Gasteiger partial charge in [0.1, 0.15) is 0 Å². The Balaban J connectivity index is 2.11. The van der Waals surface area contributed by atoms with E-state index in [1.165, 1.54) is 34.1 Å². The van der Waals surface area contributed by atoms with Crippen LogP contribution in [0.3, 0.4) is 0 Å². The number of nitrogens with zero attached hydrogens (tertiary/aromatic N) is 1. The molecule has 0 bridgehead atoms. The highest BCUT2D eigenvalue weighted by Gasteiger charge is 2.20. The van der Waals surface area contributed by atoms with E-state index in [1.807, 2.05) is 25.5 Å². The molecule has 2 aromatic rings. The van der Waals surface area contributed by atoms with Crippen LogP contribution in [-0.4, -0.2) is 19.4 Å². The quantitative estimate of drug-likeness (QED) is 0.836. The second-order valence-corrected chi connectivity index (χ2v) is 9.17. The first kappa shape index (κ1) is 17.9. The van der Waals surface area contributed by atoms with Gasteiger partial charge < -0.3 is 0 Å². The number of hydrogen-bond acceptors (Lipinski definition) is 6. The third-order valence-corrected chi connectivity index (χ3v) is 6.51. The number of thiophene rings is 1. The van der Waals surface area contributed by atoms with Crippen LogP contribution in [0.1, 0.15) is 42.1 Å². The van der Waals surface area contributed by atoms with Crippen molar-refractivity contribution >= 4 is 43.9 Å². The molecule has 0 aliphatic rings. The highest BCUT2D eigenvalue weighted by atomic mass is 32.2. The maximum Gasteiger partial charge on any atom is 0.334 e. The summed E-state index contributed by atoms with van der Waals surface area (Å²) < 4.78 is 26.2. The van der Waals surface area contributed by atoms with Crippen LogP contribution in [-0.2, 0) is 16.4 Å². The molecular weight excluding hydrogens is 354 g/mol. The standard InChI is InChI=1S/C14H19N3O3S3/c1-5-11-12(8(2)3)15-14(22-11)16-13(18)17-23(19,20)10-6-9(4)21-7-10/h6-8H,5H2,1-4H3,(H2,15,16,17,18). The predicted molar refractivity (Wildman–Crippen MR) is 94.0 cm³/mol. The Labute approximate surface area is 144 Å². The Kier molecular flexibility index (Phi) is 5.43. The molecule has 0 aliphatic carbocycles. The lowest BCUT2D eigenvalue weighted by atomic mass is 10.1. The van der Waals surface area contributed by atoms with Crippen molar-refractivity contribution in [3.05, 3.63) is 26.9 Å². The van der Waals surface area contributed by atoms with Crippen LogP contribution in [0, 0.1) is 6.92 Å². The first-order chi connectivity index (χ1) is 10.7. The average molecular weight is 374 g/mol. The van der Waals surface area contributed by atoms with Crippen molar-refractivity contribution in [3.8, 4) is 0 Å². The van der Waals surface area contributed by atoms with Gasteiger partial charge in [-0.05, 0) is 25.3 Å². The van der Waals surface area contributed by atoms with Gasteiger partial charge in [0.25, 0.3) is 10.0 Å². The van der Waals surface area contributed by atoms with Crippen molar-refractivity contribution < 1.29 is 13.2 Å². The minimum Gasteiger partial charge on any atom is -0.283 e. The summed E-state index contributed by atoms with van der Waals surface area (Å²) in [5.74, 6) is 0.248. The number of aromatic nitrogens is 1. The molecule has 0 saturated carbocycles. The number of hydrogen-bond donors (Lipinski definition) is 2. The number of sulfonamides is 1. The van der Waals surface area contributed by atoms with Crippen LogP contribution >= 0.6 is 22.7 Å². The third-order valence-electron chi connectivity index (χ3n) is 3.06. The predicted octanol–water partition coefficient (Wildman–Crippen LogP) is 3.71. The minimum absolute atomic E-state index is 0.0893. The fourth-order valence-corrected chi connectivity index (χ4v) is 5.07. The molecule has 0 aliphatic heterocycles. The molecule has 0 spiro atoms. The Morgan fingerprint density at radius 3 is 2.57 bits per heavy atom. The molecule has 2 amide bonds. The van der Waals surface area contributed by atoms with E-state index >= 15 is 0 Å². The van der Waals surface area contributed by atoms with Gasteiger partial charge >= 0.3 is 6.03 Å². The monoisotopic (exact) mass is 373 g/mol. The lowest BCUT2D eigenvalue weighted by Gasteiger charge is -2.05. The van der Waals surface area contributed by atoms with Gasteiger partial charge in [0.05, 0.1) is 10.6 Å². The van der Waals surface area contributed by atoms with Crippen LogP contribution in [0.2, 0.25) is 0 Å². The van der Waals surface area contributed by atoms with E-state index in [9.17, 15) is 13.2 Å². The van der Waals surface area contributed by atoms with Crippen molar-refractivity contribution in [2.75, 3.05) is 5.32 Å². The zero-order valence-electron chi connectivity index (χ0n) is 13.3. The minimum atomic E-state index is -3.86. The van der Waals surface area contributed by atoms with Crippen molar-refractivity contribution in [3.63, 3.8) is 0 Å². The van der Waals surface area contributed by atoms with Crippen molar-refractivity contribution in [1.82, 2.24) is 9.71 Å². The fourth-order valence-electron chi connectivity index (χ4n) is 1.99. The summed E-state index contributed by atoms with van der Waals surface area (Å²) in [4.78, 5) is 18.4. The molecule has 0 aromatic carbocycles. The molecule has 0 unspecified atom stereocenters. The third kappa shape index (κ3) is 4.30. The number of urea groups is 1. The van der Waals surface area contributed by atoms with Crippen molar-refractivity contribution in [2.45, 2.75) is 44.9 Å². The topological polar surface area (TPSA) is 88.2 Å². The SMILES string of the molecule is CCc1sc(NC(=O)NS(=O)(=O)c2csc(C)c2)nc1C(C)C. The van der Waals surface area contributed by atoms with E-state index in [0.29, 0.717) is 5.13 Å². The summed E-state index contributed by atoms with van der Waals surface area (Å²) >= 11 is 2.68. The van der Waals surface area contributed by atoms with Crippen LogP contribution in [0.5, 0.6) is 0 Å². The summed E-state index contributed by atoms with van der Waals surface area (Å²) in [5.41, 5.74) is 0.934. The second-order valence-electron chi connectivity index (χ2n) is 5.29. The van der Waals surface area contributed by atoms with Crippen LogP contribution in [0.4, 0.5) is 9.93 Å². The van der Waals surface area contributed by atoms with Gasteiger partial charge in [-0.25, -0.2) is 22.9 Å². The number of rotatable bonds is 5. The number of nitrogens with one attached hydrogen (secondary N) is 2. The van der Waals surface area contributed by atoms with Gasteiger partial charge in [-0.3, -0.25) is 5.32 Å². The summed E-state index contributed by atoms with van der Waals surface area (Å²) in [6.45, 7) is 7.88. The number of thiazole rings is 1. The zero-order chi connectivity index (χ0) is 17.2. The van der Waals surface area contributed by atoms with Crippen LogP contribution in [0.25, 0.3) is 0 Å². The number of carbonyl (C=O) groups is 1. The molecular formula is C14H19N3O3S3. The van der Waals surface area contributed by atoms with Crippen LogP contribution in [0.15, 0.2) is 16.3 Å².